The molecule has 1 aromatic heterocycles. The van der Waals surface area contributed by atoms with Gasteiger partial charge >= 0.3 is 0 Å². The van der Waals surface area contributed by atoms with Gasteiger partial charge in [0.1, 0.15) is 5.82 Å². The number of hydrogen-bond donors (Lipinski definition) is 0. The molecule has 2 heterocycles. The maximum Gasteiger partial charge on any atom is 0.224 e. The highest BCUT2D eigenvalue weighted by Crippen LogP contribution is 2.47. The Bertz CT molecular complexity index is 828. The highest BCUT2D eigenvalue weighted by Gasteiger charge is 2.41. The zero-order valence-corrected chi connectivity index (χ0v) is 16.1. The molecular weight excluding hydrogens is 342 g/mol. The van der Waals surface area contributed by atoms with E-state index in [0.717, 1.165) is 31.7 Å². The molecule has 0 bridgehead atoms. The second-order valence-corrected chi connectivity index (χ2v) is 8.60. The molecule has 0 saturated carbocycles. The van der Waals surface area contributed by atoms with Crippen LogP contribution in [0.15, 0.2) is 24.3 Å². The van der Waals surface area contributed by atoms with Gasteiger partial charge in [0, 0.05) is 24.1 Å². The smallest absolute Gasteiger partial charge is 0.224 e. The molecule has 0 amide bonds. The second kappa shape index (κ2) is 6.53. The van der Waals surface area contributed by atoms with Gasteiger partial charge < -0.3 is 4.90 Å². The summed E-state index contributed by atoms with van der Waals surface area (Å²) >= 11 is 6.38. The Morgan fingerprint density at radius 1 is 0.923 bits per heavy atom. The van der Waals surface area contributed by atoms with E-state index in [1.807, 2.05) is 0 Å². The highest BCUT2D eigenvalue weighted by molar-refractivity contribution is 6.28. The van der Waals surface area contributed by atoms with Crippen molar-refractivity contribution in [2.45, 2.75) is 63.2 Å². The Hall–Kier alpha value is -1.61. The van der Waals surface area contributed by atoms with Gasteiger partial charge in [-0.3, -0.25) is 0 Å². The number of hydrogen-bond acceptors (Lipinski definition) is 3. The minimum Gasteiger partial charge on any atom is -0.356 e. The molecule has 1 aliphatic heterocycles. The van der Waals surface area contributed by atoms with E-state index in [9.17, 15) is 0 Å². The summed E-state index contributed by atoms with van der Waals surface area (Å²) in [7, 11) is 0. The van der Waals surface area contributed by atoms with E-state index in [-0.39, 0.29) is 5.41 Å². The van der Waals surface area contributed by atoms with Crippen LogP contribution in [-0.2, 0) is 24.7 Å². The van der Waals surface area contributed by atoms with E-state index in [2.05, 4.69) is 34.1 Å². The number of anilines is 1. The van der Waals surface area contributed by atoms with Gasteiger partial charge in [0.05, 0.1) is 5.69 Å². The second-order valence-electron chi connectivity index (χ2n) is 8.26. The zero-order chi connectivity index (χ0) is 17.6. The Morgan fingerprint density at radius 3 is 2.65 bits per heavy atom. The SMILES string of the molecule is Clc1nc2c(c(N3CCCCC3)n1)CCC1(CCCc3ccccc31)C2. The van der Waals surface area contributed by atoms with Crippen LogP contribution in [0.2, 0.25) is 5.28 Å². The van der Waals surface area contributed by atoms with Gasteiger partial charge in [-0.2, -0.15) is 0 Å². The minimum absolute atomic E-state index is 0.249. The van der Waals surface area contributed by atoms with Gasteiger partial charge in [0.25, 0.3) is 0 Å². The molecule has 1 aromatic carbocycles. The van der Waals surface area contributed by atoms with Crippen molar-refractivity contribution in [2.24, 2.45) is 0 Å². The number of halogens is 1. The molecule has 3 nitrogen and oxygen atoms in total. The van der Waals surface area contributed by atoms with Crippen LogP contribution < -0.4 is 4.90 Å². The van der Waals surface area contributed by atoms with Crippen molar-refractivity contribution in [1.82, 2.24) is 9.97 Å². The van der Waals surface area contributed by atoms with Crippen LogP contribution in [0, 0.1) is 0 Å². The first-order valence-corrected chi connectivity index (χ1v) is 10.5. The van der Waals surface area contributed by atoms with Crippen LogP contribution in [-0.4, -0.2) is 23.1 Å². The van der Waals surface area contributed by atoms with Crippen LogP contribution in [0.5, 0.6) is 0 Å². The Balaban J connectivity index is 1.55. The van der Waals surface area contributed by atoms with Gasteiger partial charge in [-0.1, -0.05) is 24.3 Å². The summed E-state index contributed by atoms with van der Waals surface area (Å²) in [6, 6.07) is 9.06. The van der Waals surface area contributed by atoms with Crippen molar-refractivity contribution >= 4 is 17.4 Å². The lowest BCUT2D eigenvalue weighted by molar-refractivity contribution is 0.312. The van der Waals surface area contributed by atoms with Crippen molar-refractivity contribution < 1.29 is 0 Å². The molecule has 3 aliphatic rings. The number of aryl methyl sites for hydroxylation is 1. The summed E-state index contributed by atoms with van der Waals surface area (Å²) in [5.41, 5.74) is 5.92. The van der Waals surface area contributed by atoms with Crippen LogP contribution in [0.25, 0.3) is 0 Å². The molecule has 2 aromatic rings. The Labute approximate surface area is 160 Å². The van der Waals surface area contributed by atoms with E-state index < -0.39 is 0 Å². The van der Waals surface area contributed by atoms with Crippen molar-refractivity contribution in [3.63, 3.8) is 0 Å². The summed E-state index contributed by atoms with van der Waals surface area (Å²) in [5, 5.41) is 0.422. The lowest BCUT2D eigenvalue weighted by atomic mass is 9.62. The largest absolute Gasteiger partial charge is 0.356 e. The summed E-state index contributed by atoms with van der Waals surface area (Å²) in [5.74, 6) is 1.12. The third-order valence-electron chi connectivity index (χ3n) is 6.75. The lowest BCUT2D eigenvalue weighted by Gasteiger charge is -2.43. The molecule has 1 unspecified atom stereocenters. The summed E-state index contributed by atoms with van der Waals surface area (Å²) in [6.45, 7) is 2.21. The normalized spacial score (nSPS) is 25.0. The zero-order valence-electron chi connectivity index (χ0n) is 15.3. The lowest BCUT2D eigenvalue weighted by Crippen LogP contribution is -2.39. The molecule has 5 rings (SSSR count). The predicted molar refractivity (Wildman–Crippen MR) is 106 cm³/mol. The number of nitrogens with zero attached hydrogens (tertiary/aromatic N) is 3. The van der Waals surface area contributed by atoms with Gasteiger partial charge in [-0.15, -0.1) is 0 Å². The first-order chi connectivity index (χ1) is 12.8. The van der Waals surface area contributed by atoms with Crippen LogP contribution in [0.3, 0.4) is 0 Å². The molecule has 1 saturated heterocycles. The fourth-order valence-electron chi connectivity index (χ4n) is 5.48. The third-order valence-corrected chi connectivity index (χ3v) is 6.92. The number of aromatic nitrogens is 2. The maximum absolute atomic E-state index is 6.38. The molecule has 1 fully saturated rings. The number of piperidine rings is 1. The first-order valence-electron chi connectivity index (χ1n) is 10.1. The number of benzene rings is 1. The molecule has 1 atom stereocenters. The topological polar surface area (TPSA) is 29.0 Å². The van der Waals surface area contributed by atoms with E-state index in [4.69, 9.17) is 16.6 Å². The third kappa shape index (κ3) is 2.72. The molecular formula is C22H26ClN3. The molecule has 1 spiro atoms. The molecule has 4 heteroatoms. The Morgan fingerprint density at radius 2 is 1.77 bits per heavy atom. The first kappa shape index (κ1) is 16.6. The average Bonchev–Trinajstić information content (AvgIpc) is 2.68. The predicted octanol–water partition coefficient (Wildman–Crippen LogP) is 4.88. The molecule has 0 N–H and O–H groups in total. The van der Waals surface area contributed by atoms with Crippen LogP contribution in [0.1, 0.15) is 60.9 Å². The highest BCUT2D eigenvalue weighted by atomic mass is 35.5. The molecule has 136 valence electrons. The van der Waals surface area contributed by atoms with Crippen molar-refractivity contribution in [1.29, 1.82) is 0 Å². The average molecular weight is 368 g/mol. The Kier molecular flexibility index (Phi) is 4.16. The maximum atomic E-state index is 6.38. The van der Waals surface area contributed by atoms with Crippen molar-refractivity contribution in [3.8, 4) is 0 Å². The van der Waals surface area contributed by atoms with E-state index >= 15 is 0 Å². The van der Waals surface area contributed by atoms with E-state index in [0.29, 0.717) is 5.28 Å². The minimum atomic E-state index is 0.249. The van der Waals surface area contributed by atoms with Gasteiger partial charge in [0.2, 0.25) is 5.28 Å². The van der Waals surface area contributed by atoms with E-state index in [1.54, 1.807) is 11.1 Å². The van der Waals surface area contributed by atoms with E-state index in [1.165, 1.54) is 56.2 Å². The standard InChI is InChI=1S/C22H26ClN3/c23-21-24-19-15-22(11-6-8-16-7-2-3-9-18(16)22)12-10-17(19)20(25-21)26-13-4-1-5-14-26/h2-3,7,9H,1,4-6,8,10-15H2. The van der Waals surface area contributed by atoms with Crippen LogP contribution >= 0.6 is 11.6 Å². The molecule has 0 radical (unpaired) electrons. The molecule has 2 aliphatic carbocycles. The van der Waals surface area contributed by atoms with Crippen molar-refractivity contribution in [2.75, 3.05) is 18.0 Å². The van der Waals surface area contributed by atoms with Gasteiger partial charge in [0.15, 0.2) is 0 Å². The fraction of sp³-hybridized carbons (Fsp3) is 0.545. The summed E-state index contributed by atoms with van der Waals surface area (Å²) in [4.78, 5) is 11.8. The summed E-state index contributed by atoms with van der Waals surface area (Å²) < 4.78 is 0. The number of fused-ring (bicyclic) bond motifs is 3. The monoisotopic (exact) mass is 367 g/mol. The number of rotatable bonds is 1. The molecule has 26 heavy (non-hydrogen) atoms. The van der Waals surface area contributed by atoms with Gasteiger partial charge in [-0.25, -0.2) is 9.97 Å². The quantitative estimate of drug-likeness (QED) is 0.672. The fourth-order valence-corrected chi connectivity index (χ4v) is 5.66. The summed E-state index contributed by atoms with van der Waals surface area (Å²) in [6.07, 6.45) is 10.9. The van der Waals surface area contributed by atoms with Crippen LogP contribution in [0.4, 0.5) is 5.82 Å². The van der Waals surface area contributed by atoms with Crippen molar-refractivity contribution in [3.05, 3.63) is 51.9 Å². The van der Waals surface area contributed by atoms with Gasteiger partial charge in [-0.05, 0) is 80.5 Å².